The zero-order valence-corrected chi connectivity index (χ0v) is 8.21. The van der Waals surface area contributed by atoms with Crippen LogP contribution in [0.15, 0.2) is 18.2 Å². The normalized spacial score (nSPS) is 14.2. The lowest BCUT2D eigenvalue weighted by Crippen LogP contribution is -2.27. The van der Waals surface area contributed by atoms with E-state index in [0.717, 1.165) is 0 Å². The highest BCUT2D eigenvalue weighted by Gasteiger charge is 2.23. The largest absolute Gasteiger partial charge is 0.322 e. The van der Waals surface area contributed by atoms with Crippen molar-refractivity contribution in [3.63, 3.8) is 0 Å². The second kappa shape index (κ2) is 3.42. The van der Waals surface area contributed by atoms with Crippen LogP contribution in [0, 0.1) is 11.4 Å². The molecule has 1 rings (SSSR count). The van der Waals surface area contributed by atoms with Gasteiger partial charge in [-0.05, 0) is 17.5 Å². The van der Waals surface area contributed by atoms with E-state index in [9.17, 15) is 4.39 Å². The van der Waals surface area contributed by atoms with Gasteiger partial charge < -0.3 is 5.73 Å². The molecule has 1 heterocycles. The van der Waals surface area contributed by atoms with Crippen LogP contribution < -0.4 is 5.73 Å². The Bertz CT molecular complexity index is 291. The number of hydrogen-bond donors (Lipinski definition) is 1. The second-order valence-electron chi connectivity index (χ2n) is 4.23. The molecule has 0 aromatic carbocycles. The Morgan fingerprint density at radius 2 is 2.00 bits per heavy atom. The van der Waals surface area contributed by atoms with E-state index in [1.165, 1.54) is 6.07 Å². The Morgan fingerprint density at radius 1 is 1.38 bits per heavy atom. The lowest BCUT2D eigenvalue weighted by atomic mass is 9.85. The first kappa shape index (κ1) is 10.1. The van der Waals surface area contributed by atoms with Gasteiger partial charge in [-0.2, -0.15) is 4.39 Å². The molecule has 1 aromatic heterocycles. The Hall–Kier alpha value is -0.960. The molecular weight excluding hydrogens is 167 g/mol. The summed E-state index contributed by atoms with van der Waals surface area (Å²) in [5, 5.41) is 0. The number of aromatic nitrogens is 1. The monoisotopic (exact) mass is 182 g/mol. The van der Waals surface area contributed by atoms with Crippen LogP contribution in [0.5, 0.6) is 0 Å². The first-order valence-electron chi connectivity index (χ1n) is 4.29. The van der Waals surface area contributed by atoms with Crippen LogP contribution >= 0.6 is 0 Å². The number of pyridine rings is 1. The topological polar surface area (TPSA) is 38.9 Å². The van der Waals surface area contributed by atoms with Crippen molar-refractivity contribution in [2.24, 2.45) is 11.1 Å². The quantitative estimate of drug-likeness (QED) is 0.676. The summed E-state index contributed by atoms with van der Waals surface area (Å²) in [4.78, 5) is 3.75. The van der Waals surface area contributed by atoms with Gasteiger partial charge in [-0.25, -0.2) is 4.98 Å². The molecule has 1 aromatic rings. The number of nitrogens with two attached hydrogens (primary N) is 1. The molecule has 2 nitrogen and oxygen atoms in total. The average molecular weight is 182 g/mol. The Balaban J connectivity index is 2.96. The zero-order valence-electron chi connectivity index (χ0n) is 8.21. The molecular formula is C10H15FN2. The van der Waals surface area contributed by atoms with Gasteiger partial charge in [0.1, 0.15) is 0 Å². The minimum Gasteiger partial charge on any atom is -0.322 e. The van der Waals surface area contributed by atoms with Crippen molar-refractivity contribution >= 4 is 0 Å². The summed E-state index contributed by atoms with van der Waals surface area (Å²) < 4.78 is 12.7. The minimum absolute atomic E-state index is 0.0964. The van der Waals surface area contributed by atoms with Crippen LogP contribution in [0.1, 0.15) is 32.5 Å². The summed E-state index contributed by atoms with van der Waals surface area (Å²) in [6.07, 6.45) is 0. The predicted octanol–water partition coefficient (Wildman–Crippen LogP) is 2.27. The Morgan fingerprint density at radius 3 is 2.46 bits per heavy atom. The molecule has 13 heavy (non-hydrogen) atoms. The van der Waals surface area contributed by atoms with Crippen molar-refractivity contribution in [1.82, 2.24) is 4.98 Å². The third-order valence-electron chi connectivity index (χ3n) is 1.99. The number of nitrogens with zero attached hydrogens (tertiary/aromatic N) is 1. The minimum atomic E-state index is -0.475. The number of halogens is 1. The summed E-state index contributed by atoms with van der Waals surface area (Å²) in [5.41, 5.74) is 6.42. The Kier molecular flexibility index (Phi) is 2.66. The van der Waals surface area contributed by atoms with E-state index in [2.05, 4.69) is 4.98 Å². The van der Waals surface area contributed by atoms with E-state index >= 15 is 0 Å². The molecule has 0 unspecified atom stereocenters. The molecule has 72 valence electrons. The van der Waals surface area contributed by atoms with Crippen LogP contribution in [-0.4, -0.2) is 4.98 Å². The van der Waals surface area contributed by atoms with Gasteiger partial charge >= 0.3 is 0 Å². The summed E-state index contributed by atoms with van der Waals surface area (Å²) in [6, 6.07) is 4.46. The number of hydrogen-bond acceptors (Lipinski definition) is 2. The molecule has 0 aliphatic carbocycles. The van der Waals surface area contributed by atoms with Crippen molar-refractivity contribution in [2.45, 2.75) is 26.8 Å². The first-order valence-corrected chi connectivity index (χ1v) is 4.29. The van der Waals surface area contributed by atoms with Gasteiger partial charge in [-0.15, -0.1) is 0 Å². The molecule has 0 radical (unpaired) electrons. The average Bonchev–Trinajstić information content (AvgIpc) is 2.01. The van der Waals surface area contributed by atoms with E-state index in [1.54, 1.807) is 12.1 Å². The fourth-order valence-electron chi connectivity index (χ4n) is 1.04. The summed E-state index contributed by atoms with van der Waals surface area (Å²) in [5.74, 6) is -0.475. The molecule has 0 saturated heterocycles. The van der Waals surface area contributed by atoms with E-state index in [1.807, 2.05) is 20.8 Å². The van der Waals surface area contributed by atoms with Crippen LogP contribution in [0.4, 0.5) is 4.39 Å². The van der Waals surface area contributed by atoms with Gasteiger partial charge in [0.15, 0.2) is 0 Å². The van der Waals surface area contributed by atoms with E-state index in [-0.39, 0.29) is 11.5 Å². The first-order chi connectivity index (χ1) is 5.91. The summed E-state index contributed by atoms with van der Waals surface area (Å²) in [6.45, 7) is 6.01. The zero-order chi connectivity index (χ0) is 10.1. The molecule has 0 amide bonds. The lowest BCUT2D eigenvalue weighted by molar-refractivity contribution is 0.319. The maximum Gasteiger partial charge on any atom is 0.213 e. The molecule has 0 aliphatic rings. The number of rotatable bonds is 1. The van der Waals surface area contributed by atoms with Gasteiger partial charge in [0.25, 0.3) is 0 Å². The molecule has 0 bridgehead atoms. The molecule has 0 aliphatic heterocycles. The molecule has 0 spiro atoms. The van der Waals surface area contributed by atoms with Crippen molar-refractivity contribution < 1.29 is 4.39 Å². The molecule has 2 N–H and O–H groups in total. The smallest absolute Gasteiger partial charge is 0.213 e. The van der Waals surface area contributed by atoms with Gasteiger partial charge in [0.05, 0.1) is 11.7 Å². The van der Waals surface area contributed by atoms with Crippen LogP contribution in [-0.2, 0) is 0 Å². The van der Waals surface area contributed by atoms with Crippen molar-refractivity contribution in [3.8, 4) is 0 Å². The maximum atomic E-state index is 12.7. The molecule has 0 fully saturated rings. The fourth-order valence-corrected chi connectivity index (χ4v) is 1.04. The third kappa shape index (κ3) is 2.49. The van der Waals surface area contributed by atoms with Gasteiger partial charge in [0, 0.05) is 0 Å². The standard InChI is InChI=1S/C10H15FN2/c1-10(2,3)9(12)7-5-4-6-8(11)13-7/h4-6,9H,12H2,1-3H3/t9-/m1/s1. The highest BCUT2D eigenvalue weighted by atomic mass is 19.1. The lowest BCUT2D eigenvalue weighted by Gasteiger charge is -2.26. The Labute approximate surface area is 78.0 Å². The van der Waals surface area contributed by atoms with Gasteiger partial charge in [-0.1, -0.05) is 26.8 Å². The van der Waals surface area contributed by atoms with Crippen molar-refractivity contribution in [2.75, 3.05) is 0 Å². The second-order valence-corrected chi connectivity index (χ2v) is 4.23. The molecule has 3 heteroatoms. The van der Waals surface area contributed by atoms with E-state index in [4.69, 9.17) is 5.73 Å². The molecule has 0 saturated carbocycles. The summed E-state index contributed by atoms with van der Waals surface area (Å²) >= 11 is 0. The fraction of sp³-hybridized carbons (Fsp3) is 0.500. The van der Waals surface area contributed by atoms with Crippen LogP contribution in [0.3, 0.4) is 0 Å². The predicted molar refractivity (Wildman–Crippen MR) is 50.6 cm³/mol. The van der Waals surface area contributed by atoms with E-state index < -0.39 is 5.95 Å². The third-order valence-corrected chi connectivity index (χ3v) is 1.99. The highest BCUT2D eigenvalue weighted by Crippen LogP contribution is 2.28. The highest BCUT2D eigenvalue weighted by molar-refractivity contribution is 5.11. The molecule has 1 atom stereocenters. The van der Waals surface area contributed by atoms with Gasteiger partial charge in [-0.3, -0.25) is 0 Å². The van der Waals surface area contributed by atoms with Crippen molar-refractivity contribution in [1.29, 1.82) is 0 Å². The summed E-state index contributed by atoms with van der Waals surface area (Å²) in [7, 11) is 0. The van der Waals surface area contributed by atoms with Gasteiger partial charge in [0.2, 0.25) is 5.95 Å². The SMILES string of the molecule is CC(C)(C)[C@H](N)c1cccc(F)n1. The van der Waals surface area contributed by atoms with Crippen molar-refractivity contribution in [3.05, 3.63) is 29.8 Å². The van der Waals surface area contributed by atoms with Crippen LogP contribution in [0.25, 0.3) is 0 Å². The maximum absolute atomic E-state index is 12.7. The van der Waals surface area contributed by atoms with Crippen LogP contribution in [0.2, 0.25) is 0 Å². The van der Waals surface area contributed by atoms with E-state index in [0.29, 0.717) is 5.69 Å².